The van der Waals surface area contributed by atoms with Crippen molar-refractivity contribution in [3.8, 4) is 11.5 Å². The van der Waals surface area contributed by atoms with Gasteiger partial charge in [0.05, 0.1) is 18.9 Å². The summed E-state index contributed by atoms with van der Waals surface area (Å²) in [6.45, 7) is 1.27. The zero-order valence-electron chi connectivity index (χ0n) is 17.3. The SMILES string of the molecule is COc1cc(OC)cc(C(=O)N(CCCN(C)C)c2nc3c(F)cccc3s2)c1.Cl. The number of para-hydroxylation sites is 1. The van der Waals surface area contributed by atoms with Crippen molar-refractivity contribution >= 4 is 45.0 Å². The Morgan fingerprint density at radius 2 is 1.77 bits per heavy atom. The van der Waals surface area contributed by atoms with E-state index in [0.29, 0.717) is 33.4 Å². The molecule has 0 aliphatic rings. The molecule has 0 unspecified atom stereocenters. The van der Waals surface area contributed by atoms with Gasteiger partial charge in [-0.2, -0.15) is 0 Å². The van der Waals surface area contributed by atoms with E-state index in [4.69, 9.17) is 9.47 Å². The maximum atomic E-state index is 14.1. The Morgan fingerprint density at radius 1 is 1.10 bits per heavy atom. The number of anilines is 1. The number of amides is 1. The van der Waals surface area contributed by atoms with E-state index >= 15 is 0 Å². The van der Waals surface area contributed by atoms with Crippen LogP contribution >= 0.6 is 23.7 Å². The van der Waals surface area contributed by atoms with Gasteiger partial charge in [-0.05, 0) is 51.3 Å². The van der Waals surface area contributed by atoms with Gasteiger partial charge >= 0.3 is 0 Å². The Hall–Kier alpha value is -2.42. The molecule has 0 fully saturated rings. The summed E-state index contributed by atoms with van der Waals surface area (Å²) in [5.41, 5.74) is 0.701. The Labute approximate surface area is 185 Å². The summed E-state index contributed by atoms with van der Waals surface area (Å²) in [5.74, 6) is 0.418. The van der Waals surface area contributed by atoms with Crippen LogP contribution in [0.15, 0.2) is 36.4 Å². The first-order valence-electron chi connectivity index (χ1n) is 9.17. The third-order valence-electron chi connectivity index (χ3n) is 4.42. The minimum atomic E-state index is -0.395. The highest BCUT2D eigenvalue weighted by Gasteiger charge is 2.23. The summed E-state index contributed by atoms with van der Waals surface area (Å²) >= 11 is 1.30. The van der Waals surface area contributed by atoms with Gasteiger partial charge in [0.1, 0.15) is 22.8 Å². The Bertz CT molecular complexity index is 990. The highest BCUT2D eigenvalue weighted by atomic mass is 35.5. The smallest absolute Gasteiger partial charge is 0.260 e. The van der Waals surface area contributed by atoms with Crippen molar-refractivity contribution in [2.24, 2.45) is 0 Å². The third kappa shape index (κ3) is 5.38. The maximum absolute atomic E-state index is 14.1. The largest absolute Gasteiger partial charge is 0.497 e. The second-order valence-corrected chi connectivity index (χ2v) is 7.81. The normalized spacial score (nSPS) is 10.7. The summed E-state index contributed by atoms with van der Waals surface area (Å²) in [6, 6.07) is 9.86. The molecule has 0 bridgehead atoms. The molecule has 0 aliphatic heterocycles. The Morgan fingerprint density at radius 3 is 2.33 bits per heavy atom. The number of rotatable bonds is 8. The lowest BCUT2D eigenvalue weighted by atomic mass is 10.1. The molecule has 6 nitrogen and oxygen atoms in total. The second kappa shape index (κ2) is 10.6. The number of thiazole rings is 1. The molecule has 0 saturated carbocycles. The van der Waals surface area contributed by atoms with E-state index in [9.17, 15) is 9.18 Å². The zero-order valence-corrected chi connectivity index (χ0v) is 19.0. The van der Waals surface area contributed by atoms with E-state index in [0.717, 1.165) is 13.0 Å². The predicted molar refractivity (Wildman–Crippen MR) is 121 cm³/mol. The first-order chi connectivity index (χ1) is 13.9. The van der Waals surface area contributed by atoms with E-state index in [2.05, 4.69) is 9.88 Å². The van der Waals surface area contributed by atoms with Gasteiger partial charge in [-0.15, -0.1) is 12.4 Å². The number of hydrogen-bond acceptors (Lipinski definition) is 6. The van der Waals surface area contributed by atoms with Crippen LogP contribution in [-0.4, -0.2) is 57.2 Å². The molecule has 0 atom stereocenters. The maximum Gasteiger partial charge on any atom is 0.260 e. The van der Waals surface area contributed by atoms with Gasteiger partial charge < -0.3 is 14.4 Å². The molecular formula is C21H25ClFN3O3S. The summed E-state index contributed by atoms with van der Waals surface area (Å²) in [7, 11) is 7.03. The first-order valence-corrected chi connectivity index (χ1v) is 9.99. The molecule has 1 aromatic heterocycles. The highest BCUT2D eigenvalue weighted by Crippen LogP contribution is 2.32. The number of ether oxygens (including phenoxy) is 2. The van der Waals surface area contributed by atoms with Crippen LogP contribution in [0.1, 0.15) is 16.8 Å². The molecule has 3 rings (SSSR count). The predicted octanol–water partition coefficient (Wildman–Crippen LogP) is 4.47. The van der Waals surface area contributed by atoms with E-state index in [1.54, 1.807) is 35.2 Å². The number of fused-ring (bicyclic) bond motifs is 1. The molecule has 162 valence electrons. The topological polar surface area (TPSA) is 54.9 Å². The number of hydrogen-bond donors (Lipinski definition) is 0. The average Bonchev–Trinajstić information content (AvgIpc) is 3.15. The van der Waals surface area contributed by atoms with Crippen LogP contribution in [0.3, 0.4) is 0 Å². The van der Waals surface area contributed by atoms with Crippen molar-refractivity contribution in [3.05, 3.63) is 47.8 Å². The van der Waals surface area contributed by atoms with Gasteiger partial charge in [0, 0.05) is 18.2 Å². The van der Waals surface area contributed by atoms with Crippen LogP contribution < -0.4 is 14.4 Å². The molecule has 0 saturated heterocycles. The van der Waals surface area contributed by atoms with Crippen molar-refractivity contribution in [1.29, 1.82) is 0 Å². The van der Waals surface area contributed by atoms with Crippen LogP contribution in [0.2, 0.25) is 0 Å². The molecule has 2 aromatic carbocycles. The molecule has 0 radical (unpaired) electrons. The van der Waals surface area contributed by atoms with Crippen molar-refractivity contribution in [3.63, 3.8) is 0 Å². The van der Waals surface area contributed by atoms with Gasteiger partial charge in [-0.1, -0.05) is 17.4 Å². The lowest BCUT2D eigenvalue weighted by molar-refractivity contribution is 0.0985. The fourth-order valence-corrected chi connectivity index (χ4v) is 3.94. The Kier molecular flexibility index (Phi) is 8.40. The second-order valence-electron chi connectivity index (χ2n) is 6.80. The van der Waals surface area contributed by atoms with Crippen LogP contribution in [0.5, 0.6) is 11.5 Å². The van der Waals surface area contributed by atoms with E-state index in [1.165, 1.54) is 31.6 Å². The number of aromatic nitrogens is 1. The van der Waals surface area contributed by atoms with E-state index < -0.39 is 5.82 Å². The fraction of sp³-hybridized carbons (Fsp3) is 0.333. The molecule has 1 heterocycles. The van der Waals surface area contributed by atoms with Crippen LogP contribution in [0, 0.1) is 5.82 Å². The molecule has 0 aliphatic carbocycles. The van der Waals surface area contributed by atoms with E-state index in [-0.39, 0.29) is 23.8 Å². The van der Waals surface area contributed by atoms with Crippen molar-refractivity contribution in [1.82, 2.24) is 9.88 Å². The van der Waals surface area contributed by atoms with Gasteiger partial charge in [-0.25, -0.2) is 9.37 Å². The quantitative estimate of drug-likeness (QED) is 0.503. The van der Waals surface area contributed by atoms with Crippen LogP contribution in [0.25, 0.3) is 10.2 Å². The lowest BCUT2D eigenvalue weighted by Crippen LogP contribution is -2.33. The van der Waals surface area contributed by atoms with Gasteiger partial charge in [0.25, 0.3) is 5.91 Å². The number of nitrogens with zero attached hydrogens (tertiary/aromatic N) is 3. The number of methoxy groups -OCH3 is 2. The molecule has 30 heavy (non-hydrogen) atoms. The summed E-state index contributed by atoms with van der Waals surface area (Å²) in [5, 5.41) is 0.468. The molecule has 9 heteroatoms. The minimum absolute atomic E-state index is 0. The standard InChI is InChI=1S/C21H24FN3O3S.ClH/c1-24(2)9-6-10-25(21-23-19-17(22)7-5-8-18(19)29-21)20(26)14-11-15(27-3)13-16(12-14)28-4;/h5,7-8,11-13H,6,9-10H2,1-4H3;1H. The number of benzene rings is 2. The first kappa shape index (κ1) is 23.9. The molecule has 0 N–H and O–H groups in total. The van der Waals surface area contributed by atoms with E-state index in [1.807, 2.05) is 14.1 Å². The zero-order chi connectivity index (χ0) is 21.0. The summed E-state index contributed by atoms with van der Waals surface area (Å²) in [6.07, 6.45) is 0.748. The average molecular weight is 454 g/mol. The van der Waals surface area contributed by atoms with Crippen LogP contribution in [-0.2, 0) is 0 Å². The third-order valence-corrected chi connectivity index (χ3v) is 5.46. The summed E-state index contributed by atoms with van der Waals surface area (Å²) < 4.78 is 25.4. The molecule has 1 amide bonds. The number of carbonyl (C=O) groups is 1. The fourth-order valence-electron chi connectivity index (χ4n) is 2.93. The molecule has 0 spiro atoms. The molecule has 3 aromatic rings. The summed E-state index contributed by atoms with van der Waals surface area (Å²) in [4.78, 5) is 21.5. The lowest BCUT2D eigenvalue weighted by Gasteiger charge is -2.21. The van der Waals surface area contributed by atoms with Gasteiger partial charge in [0.2, 0.25) is 0 Å². The van der Waals surface area contributed by atoms with Crippen LogP contribution in [0.4, 0.5) is 9.52 Å². The van der Waals surface area contributed by atoms with Crippen molar-refractivity contribution < 1.29 is 18.7 Å². The van der Waals surface area contributed by atoms with Gasteiger partial charge in [-0.3, -0.25) is 9.69 Å². The van der Waals surface area contributed by atoms with Crippen molar-refractivity contribution in [2.75, 3.05) is 46.3 Å². The highest BCUT2D eigenvalue weighted by molar-refractivity contribution is 7.22. The number of carbonyl (C=O) groups excluding carboxylic acids is 1. The van der Waals surface area contributed by atoms with Gasteiger partial charge in [0.15, 0.2) is 5.13 Å². The number of halogens is 2. The monoisotopic (exact) mass is 453 g/mol. The minimum Gasteiger partial charge on any atom is -0.497 e. The Balaban J connectivity index is 0.00000320. The van der Waals surface area contributed by atoms with Crippen molar-refractivity contribution in [2.45, 2.75) is 6.42 Å². The molecular weight excluding hydrogens is 429 g/mol.